The maximum absolute atomic E-state index is 13.2. The highest BCUT2D eigenvalue weighted by atomic mass is 19.1. The fourth-order valence-electron chi connectivity index (χ4n) is 2.73. The molecule has 1 aromatic carbocycles. The molecule has 0 spiro atoms. The number of rotatable bonds is 4. The molecule has 112 valence electrons. The fourth-order valence-corrected chi connectivity index (χ4v) is 2.73. The average Bonchev–Trinajstić information content (AvgIpc) is 2.36. The summed E-state index contributed by atoms with van der Waals surface area (Å²) in [6, 6.07) is 4.73. The summed E-state index contributed by atoms with van der Waals surface area (Å²) in [4.78, 5) is 2.41. The molecule has 0 amide bonds. The second-order valence-electron chi connectivity index (χ2n) is 6.13. The molecule has 1 fully saturated rings. The molecular formula is C16H24F2N2. The molecule has 2 atom stereocenters. The molecule has 0 aliphatic carbocycles. The van der Waals surface area contributed by atoms with Crippen molar-refractivity contribution in [3.05, 3.63) is 35.4 Å². The van der Waals surface area contributed by atoms with Gasteiger partial charge in [0.2, 0.25) is 0 Å². The summed E-state index contributed by atoms with van der Waals surface area (Å²) in [5.74, 6) is -0.390. The van der Waals surface area contributed by atoms with E-state index in [1.807, 2.05) is 0 Å². The van der Waals surface area contributed by atoms with Gasteiger partial charge >= 0.3 is 0 Å². The third-order valence-corrected chi connectivity index (χ3v) is 4.14. The molecule has 2 rings (SSSR count). The first-order valence-electron chi connectivity index (χ1n) is 7.38. The lowest BCUT2D eigenvalue weighted by Gasteiger charge is -2.40. The van der Waals surface area contributed by atoms with Crippen LogP contribution < -0.4 is 5.32 Å². The molecule has 2 unspecified atom stereocenters. The van der Waals surface area contributed by atoms with Crippen LogP contribution in [-0.4, -0.2) is 36.6 Å². The van der Waals surface area contributed by atoms with Crippen molar-refractivity contribution in [3.8, 4) is 0 Å². The lowest BCUT2D eigenvalue weighted by Crippen LogP contribution is -2.57. The van der Waals surface area contributed by atoms with Crippen LogP contribution in [0.3, 0.4) is 0 Å². The van der Waals surface area contributed by atoms with Crippen molar-refractivity contribution >= 4 is 0 Å². The Morgan fingerprint density at radius 3 is 2.50 bits per heavy atom. The Hall–Kier alpha value is -1.00. The van der Waals surface area contributed by atoms with E-state index < -0.39 is 11.6 Å². The zero-order chi connectivity index (χ0) is 14.7. The Kier molecular flexibility index (Phi) is 5.11. The van der Waals surface area contributed by atoms with Crippen molar-refractivity contribution in [1.29, 1.82) is 0 Å². The first-order chi connectivity index (χ1) is 9.45. The number of halogens is 2. The first-order valence-corrected chi connectivity index (χ1v) is 7.38. The summed E-state index contributed by atoms with van der Waals surface area (Å²) in [7, 11) is 0. The first kappa shape index (κ1) is 15.4. The van der Waals surface area contributed by atoms with E-state index >= 15 is 0 Å². The van der Waals surface area contributed by atoms with Crippen LogP contribution in [0.1, 0.15) is 26.3 Å². The number of hydrogen-bond acceptors (Lipinski definition) is 2. The van der Waals surface area contributed by atoms with Crippen molar-refractivity contribution in [3.63, 3.8) is 0 Å². The highest BCUT2D eigenvalue weighted by molar-refractivity contribution is 5.18. The van der Waals surface area contributed by atoms with Crippen LogP contribution in [0.15, 0.2) is 18.2 Å². The second-order valence-corrected chi connectivity index (χ2v) is 6.13. The normalized spacial score (nSPS) is 24.3. The Labute approximate surface area is 120 Å². The molecule has 1 aromatic rings. The van der Waals surface area contributed by atoms with Gasteiger partial charge in [0, 0.05) is 37.8 Å². The summed E-state index contributed by atoms with van der Waals surface area (Å²) in [6.07, 6.45) is 0.684. The van der Waals surface area contributed by atoms with Gasteiger partial charge in [-0.1, -0.05) is 13.8 Å². The lowest BCUT2D eigenvalue weighted by molar-refractivity contribution is 0.124. The molecule has 1 saturated heterocycles. The lowest BCUT2D eigenvalue weighted by atomic mass is 9.99. The maximum atomic E-state index is 13.2. The van der Waals surface area contributed by atoms with E-state index in [-0.39, 0.29) is 0 Å². The minimum absolute atomic E-state index is 0.461. The van der Waals surface area contributed by atoms with E-state index in [0.29, 0.717) is 24.4 Å². The molecule has 0 bridgehead atoms. The average molecular weight is 282 g/mol. The molecule has 1 aliphatic rings. The molecule has 1 heterocycles. The molecule has 1 aliphatic heterocycles. The van der Waals surface area contributed by atoms with Gasteiger partial charge in [-0.15, -0.1) is 0 Å². The summed E-state index contributed by atoms with van der Waals surface area (Å²) in [5, 5.41) is 3.55. The quantitative estimate of drug-likeness (QED) is 0.913. The predicted octanol–water partition coefficient (Wildman–Crippen LogP) is 2.83. The minimum atomic E-state index is -0.492. The number of hydrogen-bond donors (Lipinski definition) is 1. The van der Waals surface area contributed by atoms with Gasteiger partial charge in [-0.3, -0.25) is 4.90 Å². The Bertz CT molecular complexity index is 428. The van der Waals surface area contributed by atoms with Gasteiger partial charge in [-0.2, -0.15) is 0 Å². The molecule has 0 saturated carbocycles. The maximum Gasteiger partial charge on any atom is 0.126 e. The molecular weight excluding hydrogens is 258 g/mol. The van der Waals surface area contributed by atoms with Crippen LogP contribution in [0.2, 0.25) is 0 Å². The van der Waals surface area contributed by atoms with Crippen molar-refractivity contribution in [2.45, 2.75) is 39.3 Å². The van der Waals surface area contributed by atoms with Gasteiger partial charge in [-0.05, 0) is 37.0 Å². The van der Waals surface area contributed by atoms with Gasteiger partial charge in [-0.25, -0.2) is 8.78 Å². The van der Waals surface area contributed by atoms with E-state index in [0.717, 1.165) is 31.3 Å². The SMILES string of the molecule is CC(C)C1CN(CCc2cc(F)cc(F)c2)C(C)CN1. The highest BCUT2D eigenvalue weighted by Gasteiger charge is 2.26. The van der Waals surface area contributed by atoms with Gasteiger partial charge in [0.15, 0.2) is 0 Å². The van der Waals surface area contributed by atoms with E-state index in [9.17, 15) is 8.78 Å². The Morgan fingerprint density at radius 1 is 1.25 bits per heavy atom. The molecule has 0 radical (unpaired) electrons. The van der Waals surface area contributed by atoms with Gasteiger partial charge in [0.1, 0.15) is 11.6 Å². The molecule has 1 N–H and O–H groups in total. The zero-order valence-electron chi connectivity index (χ0n) is 12.5. The summed E-state index contributed by atoms with van der Waals surface area (Å²) in [5.41, 5.74) is 0.731. The number of nitrogens with one attached hydrogen (secondary N) is 1. The smallest absolute Gasteiger partial charge is 0.126 e. The number of nitrogens with zero attached hydrogens (tertiary/aromatic N) is 1. The number of benzene rings is 1. The van der Waals surface area contributed by atoms with Crippen molar-refractivity contribution < 1.29 is 8.78 Å². The molecule has 2 nitrogen and oxygen atoms in total. The van der Waals surface area contributed by atoms with Crippen LogP contribution >= 0.6 is 0 Å². The predicted molar refractivity (Wildman–Crippen MR) is 77.7 cm³/mol. The van der Waals surface area contributed by atoms with Crippen molar-refractivity contribution in [2.75, 3.05) is 19.6 Å². The van der Waals surface area contributed by atoms with E-state index in [1.54, 1.807) is 0 Å². The largest absolute Gasteiger partial charge is 0.311 e. The second kappa shape index (κ2) is 6.64. The van der Waals surface area contributed by atoms with Crippen molar-refractivity contribution in [1.82, 2.24) is 10.2 Å². The topological polar surface area (TPSA) is 15.3 Å². The highest BCUT2D eigenvalue weighted by Crippen LogP contribution is 2.15. The minimum Gasteiger partial charge on any atom is -0.311 e. The third-order valence-electron chi connectivity index (χ3n) is 4.14. The van der Waals surface area contributed by atoms with E-state index in [1.165, 1.54) is 12.1 Å². The molecule has 0 aromatic heterocycles. The van der Waals surface area contributed by atoms with E-state index in [4.69, 9.17) is 0 Å². The van der Waals surface area contributed by atoms with Crippen LogP contribution in [-0.2, 0) is 6.42 Å². The van der Waals surface area contributed by atoms with Gasteiger partial charge in [0.25, 0.3) is 0 Å². The van der Waals surface area contributed by atoms with Crippen LogP contribution in [0.5, 0.6) is 0 Å². The zero-order valence-corrected chi connectivity index (χ0v) is 12.5. The van der Waals surface area contributed by atoms with Crippen molar-refractivity contribution in [2.24, 2.45) is 5.92 Å². The Morgan fingerprint density at radius 2 is 1.90 bits per heavy atom. The van der Waals surface area contributed by atoms with Crippen LogP contribution in [0.4, 0.5) is 8.78 Å². The van der Waals surface area contributed by atoms with Crippen LogP contribution in [0.25, 0.3) is 0 Å². The standard InChI is InChI=1S/C16H24F2N2/c1-11(2)16-10-20(12(3)9-19-16)5-4-13-6-14(17)8-15(18)7-13/h6-8,11-12,16,19H,4-5,9-10H2,1-3H3. The molecule has 20 heavy (non-hydrogen) atoms. The van der Waals surface area contributed by atoms with E-state index in [2.05, 4.69) is 31.0 Å². The van der Waals surface area contributed by atoms with Crippen LogP contribution in [0, 0.1) is 17.6 Å². The number of piperazine rings is 1. The summed E-state index contributed by atoms with van der Waals surface area (Å²) < 4.78 is 26.3. The fraction of sp³-hybridized carbons (Fsp3) is 0.625. The summed E-state index contributed by atoms with van der Waals surface area (Å²) >= 11 is 0. The molecule has 4 heteroatoms. The summed E-state index contributed by atoms with van der Waals surface area (Å²) in [6.45, 7) is 9.43. The van der Waals surface area contributed by atoms with Gasteiger partial charge < -0.3 is 5.32 Å². The Balaban J connectivity index is 1.94. The third kappa shape index (κ3) is 4.00. The van der Waals surface area contributed by atoms with Gasteiger partial charge in [0.05, 0.1) is 0 Å². The monoisotopic (exact) mass is 282 g/mol.